The SMILES string of the molecule is CC(C)N(C)S(=O)(=O)n1nccc1S(N)(=O)=O. The number of hydrogen-bond donors (Lipinski definition) is 1. The summed E-state index contributed by atoms with van der Waals surface area (Å²) in [5.74, 6) is 0. The molecule has 8 nitrogen and oxygen atoms in total. The first kappa shape index (κ1) is 14.1. The van der Waals surface area contributed by atoms with Crippen LogP contribution in [0.2, 0.25) is 0 Å². The molecule has 0 aliphatic heterocycles. The van der Waals surface area contributed by atoms with Crippen molar-refractivity contribution < 1.29 is 16.8 Å². The first-order valence-corrected chi connectivity index (χ1v) is 7.58. The van der Waals surface area contributed by atoms with Crippen LogP contribution in [0.25, 0.3) is 0 Å². The second-order valence-electron chi connectivity index (χ2n) is 3.68. The molecule has 1 aromatic heterocycles. The van der Waals surface area contributed by atoms with Crippen LogP contribution in [0.15, 0.2) is 17.3 Å². The molecule has 0 spiro atoms. The monoisotopic (exact) mass is 282 g/mol. The number of rotatable bonds is 4. The van der Waals surface area contributed by atoms with Crippen molar-refractivity contribution in [1.29, 1.82) is 0 Å². The number of aromatic nitrogens is 2. The van der Waals surface area contributed by atoms with Crippen LogP contribution in [0.5, 0.6) is 0 Å². The van der Waals surface area contributed by atoms with E-state index in [-0.39, 0.29) is 6.04 Å². The third-order valence-electron chi connectivity index (χ3n) is 2.18. The molecule has 0 aromatic carbocycles. The Bertz CT molecular complexity index is 602. The normalized spacial score (nSPS) is 13.5. The van der Waals surface area contributed by atoms with E-state index in [0.717, 1.165) is 16.6 Å². The van der Waals surface area contributed by atoms with E-state index in [1.807, 2.05) is 0 Å². The Morgan fingerprint density at radius 2 is 1.88 bits per heavy atom. The fraction of sp³-hybridized carbons (Fsp3) is 0.571. The lowest BCUT2D eigenvalue weighted by Gasteiger charge is -2.21. The molecule has 0 amide bonds. The molecule has 0 bridgehead atoms. The standard InChI is InChI=1S/C7H14N4O4S2/c1-6(2)10(3)17(14,15)11-7(4-5-9-11)16(8,12)13/h4-6H,1-3H3,(H2,8,12,13). The average molecular weight is 282 g/mol. The molecule has 0 saturated carbocycles. The lowest BCUT2D eigenvalue weighted by Crippen LogP contribution is -2.39. The molecule has 1 aromatic rings. The van der Waals surface area contributed by atoms with Gasteiger partial charge in [0.1, 0.15) is 0 Å². The fourth-order valence-corrected chi connectivity index (χ4v) is 3.39. The van der Waals surface area contributed by atoms with Crippen molar-refractivity contribution in [3.8, 4) is 0 Å². The minimum atomic E-state index is -4.14. The smallest absolute Gasteiger partial charge is 0.223 e. The Hall–Kier alpha value is -0.970. The van der Waals surface area contributed by atoms with Crippen LogP contribution in [0, 0.1) is 0 Å². The zero-order valence-corrected chi connectivity index (χ0v) is 11.2. The van der Waals surface area contributed by atoms with Gasteiger partial charge in [0.05, 0.1) is 6.20 Å². The lowest BCUT2D eigenvalue weighted by atomic mass is 10.4. The predicted octanol–water partition coefficient (Wildman–Crippen LogP) is -1.04. The quantitative estimate of drug-likeness (QED) is 0.757. The maximum atomic E-state index is 12.0. The van der Waals surface area contributed by atoms with Crippen LogP contribution in [0.3, 0.4) is 0 Å². The lowest BCUT2D eigenvalue weighted by molar-refractivity contribution is 0.398. The summed E-state index contributed by atoms with van der Waals surface area (Å²) in [6, 6.07) is 0.693. The molecule has 0 atom stereocenters. The molecule has 0 radical (unpaired) electrons. The molecule has 0 unspecified atom stereocenters. The van der Waals surface area contributed by atoms with E-state index in [1.54, 1.807) is 13.8 Å². The molecule has 0 aliphatic carbocycles. The van der Waals surface area contributed by atoms with Gasteiger partial charge in [-0.1, -0.05) is 0 Å². The Morgan fingerprint density at radius 1 is 1.35 bits per heavy atom. The summed E-state index contributed by atoms with van der Waals surface area (Å²) >= 11 is 0. The van der Waals surface area contributed by atoms with Gasteiger partial charge in [-0.15, -0.1) is 4.09 Å². The Morgan fingerprint density at radius 3 is 2.29 bits per heavy atom. The minimum absolute atomic E-state index is 0.336. The summed E-state index contributed by atoms with van der Waals surface area (Å²) in [5, 5.41) is 7.82. The predicted molar refractivity (Wildman–Crippen MR) is 60.8 cm³/mol. The highest BCUT2D eigenvalue weighted by atomic mass is 32.2. The summed E-state index contributed by atoms with van der Waals surface area (Å²) in [5.41, 5.74) is 0. The third-order valence-corrected chi connectivity index (χ3v) is 5.06. The first-order chi connectivity index (χ1) is 7.58. The summed E-state index contributed by atoms with van der Waals surface area (Å²) in [7, 11) is -6.84. The van der Waals surface area contributed by atoms with Crippen molar-refractivity contribution >= 4 is 20.2 Å². The van der Waals surface area contributed by atoms with Crippen LogP contribution in [-0.4, -0.2) is 43.4 Å². The van der Waals surface area contributed by atoms with Crippen LogP contribution in [0.1, 0.15) is 13.8 Å². The highest BCUT2D eigenvalue weighted by Crippen LogP contribution is 2.13. The van der Waals surface area contributed by atoms with Crippen molar-refractivity contribution in [3.63, 3.8) is 0 Å². The zero-order valence-electron chi connectivity index (χ0n) is 9.60. The van der Waals surface area contributed by atoms with E-state index >= 15 is 0 Å². The molecule has 0 saturated heterocycles. The Balaban J connectivity index is 3.42. The maximum absolute atomic E-state index is 12.0. The van der Waals surface area contributed by atoms with Crippen LogP contribution >= 0.6 is 0 Å². The van der Waals surface area contributed by atoms with Crippen molar-refractivity contribution in [3.05, 3.63) is 12.3 Å². The van der Waals surface area contributed by atoms with Gasteiger partial charge in [-0.05, 0) is 19.9 Å². The first-order valence-electron chi connectivity index (χ1n) is 4.64. The average Bonchev–Trinajstić information content (AvgIpc) is 2.64. The van der Waals surface area contributed by atoms with Gasteiger partial charge < -0.3 is 0 Å². The van der Waals surface area contributed by atoms with Crippen LogP contribution in [-0.2, 0) is 20.2 Å². The molecule has 0 aliphatic rings. The van der Waals surface area contributed by atoms with Gasteiger partial charge >= 0.3 is 10.2 Å². The van der Waals surface area contributed by atoms with Gasteiger partial charge in [-0.2, -0.15) is 17.8 Å². The largest absolute Gasteiger partial charge is 0.324 e. The summed E-state index contributed by atoms with van der Waals surface area (Å²) in [6.07, 6.45) is 1.06. The summed E-state index contributed by atoms with van der Waals surface area (Å²) in [4.78, 5) is 0. The molecular weight excluding hydrogens is 268 g/mol. The van der Waals surface area contributed by atoms with Gasteiger partial charge in [-0.25, -0.2) is 13.6 Å². The number of nitrogens with zero attached hydrogens (tertiary/aromatic N) is 3. The second-order valence-corrected chi connectivity index (χ2v) is 7.00. The van der Waals surface area contributed by atoms with Gasteiger partial charge in [0, 0.05) is 13.1 Å². The third kappa shape index (κ3) is 2.65. The minimum Gasteiger partial charge on any atom is -0.223 e. The van der Waals surface area contributed by atoms with Gasteiger partial charge in [-0.3, -0.25) is 0 Å². The van der Waals surface area contributed by atoms with Crippen molar-refractivity contribution in [2.45, 2.75) is 24.9 Å². The molecule has 1 rings (SSSR count). The van der Waals surface area contributed by atoms with E-state index in [2.05, 4.69) is 5.10 Å². The molecule has 1 heterocycles. The Labute approximate surface area is 100 Å². The highest BCUT2D eigenvalue weighted by molar-refractivity contribution is 7.91. The van der Waals surface area contributed by atoms with Crippen molar-refractivity contribution in [2.75, 3.05) is 7.05 Å². The summed E-state index contributed by atoms with van der Waals surface area (Å²) in [6.45, 7) is 3.30. The van der Waals surface area contributed by atoms with E-state index in [1.165, 1.54) is 7.05 Å². The van der Waals surface area contributed by atoms with Gasteiger partial charge in [0.25, 0.3) is 10.0 Å². The topological polar surface area (TPSA) is 115 Å². The molecule has 2 N–H and O–H groups in total. The van der Waals surface area contributed by atoms with E-state index < -0.39 is 25.3 Å². The fourth-order valence-electron chi connectivity index (χ4n) is 1.04. The van der Waals surface area contributed by atoms with Crippen LogP contribution < -0.4 is 5.14 Å². The maximum Gasteiger partial charge on any atom is 0.324 e. The van der Waals surface area contributed by atoms with E-state index in [9.17, 15) is 16.8 Å². The number of primary sulfonamides is 1. The summed E-state index contributed by atoms with van der Waals surface area (Å²) < 4.78 is 47.8. The molecule has 0 fully saturated rings. The second kappa shape index (κ2) is 4.37. The molecular formula is C7H14N4O4S2. The van der Waals surface area contributed by atoms with Gasteiger partial charge in [0.2, 0.25) is 0 Å². The molecule has 98 valence electrons. The molecule has 17 heavy (non-hydrogen) atoms. The number of sulfonamides is 1. The van der Waals surface area contributed by atoms with E-state index in [4.69, 9.17) is 5.14 Å². The zero-order chi connectivity index (χ0) is 13.4. The van der Waals surface area contributed by atoms with Crippen molar-refractivity contribution in [2.24, 2.45) is 5.14 Å². The highest BCUT2D eigenvalue weighted by Gasteiger charge is 2.29. The van der Waals surface area contributed by atoms with Gasteiger partial charge in [0.15, 0.2) is 5.03 Å². The van der Waals surface area contributed by atoms with E-state index in [0.29, 0.717) is 4.09 Å². The number of nitrogens with two attached hydrogens (primary N) is 1. The van der Waals surface area contributed by atoms with Crippen molar-refractivity contribution in [1.82, 2.24) is 13.5 Å². The number of hydrogen-bond acceptors (Lipinski definition) is 5. The molecule has 10 heteroatoms. The Kier molecular flexibility index (Phi) is 3.62. The van der Waals surface area contributed by atoms with Crippen LogP contribution in [0.4, 0.5) is 0 Å².